The predicted octanol–water partition coefficient (Wildman–Crippen LogP) is 4.21. The molecule has 3 aromatic rings. The maximum Gasteiger partial charge on any atom is 0.316 e. The second-order valence-corrected chi connectivity index (χ2v) is 7.81. The zero-order chi connectivity index (χ0) is 21.3. The second-order valence-electron chi connectivity index (χ2n) is 7.81. The molecule has 0 aliphatic carbocycles. The molecule has 0 radical (unpaired) electrons. The lowest BCUT2D eigenvalue weighted by Crippen LogP contribution is -2.36. The zero-order valence-corrected chi connectivity index (χ0v) is 17.5. The minimum atomic E-state index is -0.691. The Morgan fingerprint density at radius 3 is 2.21 bits per heavy atom. The van der Waals surface area contributed by atoms with Crippen molar-refractivity contribution < 1.29 is 4.79 Å². The number of anilines is 1. The van der Waals surface area contributed by atoms with E-state index in [0.29, 0.717) is 23.1 Å². The molecule has 0 unspecified atom stereocenters. The second kappa shape index (κ2) is 8.07. The first-order valence-electron chi connectivity index (χ1n) is 9.95. The lowest BCUT2D eigenvalue weighted by molar-refractivity contribution is 0.102. The molecule has 2 aromatic carbocycles. The van der Waals surface area contributed by atoms with Crippen molar-refractivity contribution in [2.75, 3.05) is 5.32 Å². The number of nitrogens with zero attached hydrogens (tertiary/aromatic N) is 1. The lowest BCUT2D eigenvalue weighted by atomic mass is 9.92. The summed E-state index contributed by atoms with van der Waals surface area (Å²) in [6.07, 6.45) is 0. The SMILES string of the molecule is CCn1c(=O)c(=O)[nH]c2cc(C(=O)Nc3c(C(C)C)cccc3C(C)C)ccc21. The third-order valence-electron chi connectivity index (χ3n) is 5.16. The molecule has 0 aliphatic rings. The van der Waals surface area contributed by atoms with Crippen molar-refractivity contribution in [3.05, 3.63) is 73.8 Å². The van der Waals surface area contributed by atoms with Crippen LogP contribution < -0.4 is 16.4 Å². The third kappa shape index (κ3) is 3.88. The Labute approximate surface area is 169 Å². The molecular formula is C23H27N3O3. The molecule has 6 heteroatoms. The molecule has 0 atom stereocenters. The topological polar surface area (TPSA) is 84.0 Å². The largest absolute Gasteiger partial charge is 0.321 e. The number of rotatable bonds is 5. The number of nitrogens with one attached hydrogen (secondary N) is 2. The first-order chi connectivity index (χ1) is 13.7. The number of H-pyrrole nitrogens is 1. The number of aromatic amines is 1. The van der Waals surface area contributed by atoms with Gasteiger partial charge in [-0.15, -0.1) is 0 Å². The van der Waals surface area contributed by atoms with Crippen molar-refractivity contribution in [1.82, 2.24) is 9.55 Å². The van der Waals surface area contributed by atoms with Crippen molar-refractivity contribution in [2.45, 2.75) is 53.0 Å². The van der Waals surface area contributed by atoms with Crippen molar-refractivity contribution in [3.8, 4) is 0 Å². The quantitative estimate of drug-likeness (QED) is 0.637. The zero-order valence-electron chi connectivity index (χ0n) is 17.5. The van der Waals surface area contributed by atoms with Gasteiger partial charge in [-0.2, -0.15) is 0 Å². The van der Waals surface area contributed by atoms with E-state index >= 15 is 0 Å². The molecule has 0 aliphatic heterocycles. The lowest BCUT2D eigenvalue weighted by Gasteiger charge is -2.20. The van der Waals surface area contributed by atoms with Crippen LogP contribution in [0.4, 0.5) is 5.69 Å². The number of amides is 1. The molecule has 0 saturated carbocycles. The van der Waals surface area contributed by atoms with Gasteiger partial charge in [0.05, 0.1) is 11.0 Å². The van der Waals surface area contributed by atoms with Gasteiger partial charge >= 0.3 is 11.1 Å². The average molecular weight is 393 g/mol. The summed E-state index contributed by atoms with van der Waals surface area (Å²) in [5.41, 5.74) is 3.20. The predicted molar refractivity (Wildman–Crippen MR) is 117 cm³/mol. The highest BCUT2D eigenvalue weighted by Gasteiger charge is 2.17. The van der Waals surface area contributed by atoms with Gasteiger partial charge < -0.3 is 14.9 Å². The number of aromatic nitrogens is 2. The van der Waals surface area contributed by atoms with E-state index in [1.807, 2.05) is 18.2 Å². The van der Waals surface area contributed by atoms with E-state index in [-0.39, 0.29) is 17.7 Å². The van der Waals surface area contributed by atoms with Gasteiger partial charge in [0.15, 0.2) is 0 Å². The molecular weight excluding hydrogens is 366 g/mol. The van der Waals surface area contributed by atoms with Crippen LogP contribution in [0.3, 0.4) is 0 Å². The molecule has 1 heterocycles. The van der Waals surface area contributed by atoms with E-state index < -0.39 is 11.1 Å². The van der Waals surface area contributed by atoms with Crippen LogP contribution in [0, 0.1) is 0 Å². The highest BCUT2D eigenvalue weighted by Crippen LogP contribution is 2.32. The van der Waals surface area contributed by atoms with E-state index in [1.165, 1.54) is 4.57 Å². The van der Waals surface area contributed by atoms with Gasteiger partial charge in [-0.25, -0.2) is 0 Å². The molecule has 0 fully saturated rings. The van der Waals surface area contributed by atoms with Crippen LogP contribution in [-0.4, -0.2) is 15.5 Å². The summed E-state index contributed by atoms with van der Waals surface area (Å²) in [4.78, 5) is 39.6. The van der Waals surface area contributed by atoms with Crippen LogP contribution in [0.15, 0.2) is 46.0 Å². The van der Waals surface area contributed by atoms with Crippen LogP contribution in [-0.2, 0) is 6.54 Å². The monoisotopic (exact) mass is 393 g/mol. The number of carbonyl (C=O) groups excluding carboxylic acids is 1. The summed E-state index contributed by atoms with van der Waals surface area (Å²) in [5.74, 6) is 0.267. The normalized spacial score (nSPS) is 11.4. The van der Waals surface area contributed by atoms with Crippen molar-refractivity contribution in [2.24, 2.45) is 0 Å². The van der Waals surface area contributed by atoms with E-state index in [0.717, 1.165) is 16.8 Å². The minimum Gasteiger partial charge on any atom is -0.321 e. The van der Waals surface area contributed by atoms with Crippen LogP contribution >= 0.6 is 0 Å². The summed E-state index contributed by atoms with van der Waals surface area (Å²) in [5, 5.41) is 3.08. The number of hydrogen-bond donors (Lipinski definition) is 2. The number of fused-ring (bicyclic) bond motifs is 1. The number of hydrogen-bond acceptors (Lipinski definition) is 3. The van der Waals surface area contributed by atoms with Crippen LogP contribution in [0.2, 0.25) is 0 Å². The number of para-hydroxylation sites is 1. The van der Waals surface area contributed by atoms with E-state index in [9.17, 15) is 14.4 Å². The van der Waals surface area contributed by atoms with Crippen LogP contribution in [0.1, 0.15) is 67.9 Å². The van der Waals surface area contributed by atoms with Gasteiger partial charge in [0, 0.05) is 17.8 Å². The number of benzene rings is 2. The Bertz CT molecular complexity index is 1160. The summed E-state index contributed by atoms with van der Waals surface area (Å²) in [6.45, 7) is 10.6. The molecule has 29 heavy (non-hydrogen) atoms. The summed E-state index contributed by atoms with van der Waals surface area (Å²) < 4.78 is 1.40. The van der Waals surface area contributed by atoms with E-state index in [1.54, 1.807) is 25.1 Å². The molecule has 6 nitrogen and oxygen atoms in total. The van der Waals surface area contributed by atoms with Crippen molar-refractivity contribution in [1.29, 1.82) is 0 Å². The number of aryl methyl sites for hydroxylation is 1. The molecule has 0 bridgehead atoms. The Hall–Kier alpha value is -3.15. The summed E-state index contributed by atoms with van der Waals surface area (Å²) in [6, 6.07) is 11.1. The molecule has 1 aromatic heterocycles. The first-order valence-corrected chi connectivity index (χ1v) is 9.95. The van der Waals surface area contributed by atoms with Gasteiger partial charge in [-0.05, 0) is 48.1 Å². The Morgan fingerprint density at radius 2 is 1.66 bits per heavy atom. The van der Waals surface area contributed by atoms with Crippen LogP contribution in [0.25, 0.3) is 11.0 Å². The fraction of sp³-hybridized carbons (Fsp3) is 0.348. The van der Waals surface area contributed by atoms with Gasteiger partial charge in [0.1, 0.15) is 0 Å². The molecule has 0 spiro atoms. The molecule has 1 amide bonds. The third-order valence-corrected chi connectivity index (χ3v) is 5.16. The molecule has 3 rings (SSSR count). The van der Waals surface area contributed by atoms with Crippen molar-refractivity contribution in [3.63, 3.8) is 0 Å². The molecule has 0 saturated heterocycles. The van der Waals surface area contributed by atoms with Gasteiger partial charge in [0.2, 0.25) is 0 Å². The Kier molecular flexibility index (Phi) is 5.73. The Morgan fingerprint density at radius 1 is 1.03 bits per heavy atom. The van der Waals surface area contributed by atoms with Crippen molar-refractivity contribution >= 4 is 22.6 Å². The number of carbonyl (C=O) groups is 1. The fourth-order valence-corrected chi connectivity index (χ4v) is 3.62. The molecule has 152 valence electrons. The summed E-state index contributed by atoms with van der Waals surface area (Å²) in [7, 11) is 0. The maximum absolute atomic E-state index is 13.0. The van der Waals surface area contributed by atoms with E-state index in [4.69, 9.17) is 0 Å². The maximum atomic E-state index is 13.0. The smallest absolute Gasteiger partial charge is 0.316 e. The molecule has 2 N–H and O–H groups in total. The van der Waals surface area contributed by atoms with E-state index in [2.05, 4.69) is 38.0 Å². The summed E-state index contributed by atoms with van der Waals surface area (Å²) >= 11 is 0. The van der Waals surface area contributed by atoms with Crippen LogP contribution in [0.5, 0.6) is 0 Å². The average Bonchev–Trinajstić information content (AvgIpc) is 2.68. The minimum absolute atomic E-state index is 0.253. The standard InChI is InChI=1S/C23H27N3O3/c1-6-26-19-11-10-15(12-18(19)24-22(28)23(26)29)21(27)25-20-16(13(2)3)8-7-9-17(20)14(4)5/h7-14H,6H2,1-5H3,(H,24,28)(H,25,27). The Balaban J connectivity index is 2.07. The fourth-order valence-electron chi connectivity index (χ4n) is 3.62. The van der Waals surface area contributed by atoms with Gasteiger partial charge in [0.25, 0.3) is 5.91 Å². The first kappa shape index (κ1) is 20.6. The highest BCUT2D eigenvalue weighted by molar-refractivity contribution is 6.06. The highest BCUT2D eigenvalue weighted by atomic mass is 16.2. The van der Waals surface area contributed by atoms with Gasteiger partial charge in [-0.1, -0.05) is 45.9 Å². The van der Waals surface area contributed by atoms with Gasteiger partial charge in [-0.3, -0.25) is 14.4 Å².